The molecule has 0 spiro atoms. The molecule has 0 saturated heterocycles. The van der Waals surface area contributed by atoms with Gasteiger partial charge in [-0.3, -0.25) is 0 Å². The van der Waals surface area contributed by atoms with Crippen LogP contribution >= 0.6 is 0 Å². The minimum atomic E-state index is 0.722. The summed E-state index contributed by atoms with van der Waals surface area (Å²) < 4.78 is 7.49. The first-order chi connectivity index (χ1) is 8.69. The highest BCUT2D eigenvalue weighted by molar-refractivity contribution is 5.41. The van der Waals surface area contributed by atoms with Crippen LogP contribution in [0.2, 0.25) is 0 Å². The highest BCUT2D eigenvalue weighted by Gasteiger charge is 2.05. The fourth-order valence-corrected chi connectivity index (χ4v) is 1.63. The number of nitrogens with one attached hydrogen (secondary N) is 1. The average molecular weight is 246 g/mol. The van der Waals surface area contributed by atoms with Gasteiger partial charge < -0.3 is 10.1 Å². The van der Waals surface area contributed by atoms with Crippen molar-refractivity contribution in [2.75, 3.05) is 11.9 Å². The molecule has 0 amide bonds. The number of nitrogens with zero attached hydrogens (tertiary/aromatic N) is 3. The minimum Gasteiger partial charge on any atom is -0.439 e. The molecule has 0 saturated carbocycles. The van der Waals surface area contributed by atoms with E-state index in [9.17, 15) is 0 Å². The van der Waals surface area contributed by atoms with E-state index in [4.69, 9.17) is 4.74 Å². The Morgan fingerprint density at radius 3 is 2.89 bits per heavy atom. The molecule has 0 aliphatic rings. The Bertz CT molecular complexity index is 521. The lowest BCUT2D eigenvalue weighted by atomic mass is 10.4. The van der Waals surface area contributed by atoms with Gasteiger partial charge in [-0.1, -0.05) is 6.92 Å². The van der Waals surface area contributed by atoms with Gasteiger partial charge in [0.1, 0.15) is 11.6 Å². The third-order valence-electron chi connectivity index (χ3n) is 2.47. The molecule has 2 aromatic rings. The Labute approximate surface area is 107 Å². The van der Waals surface area contributed by atoms with Crippen molar-refractivity contribution in [2.24, 2.45) is 7.05 Å². The SMILES string of the molecule is CCCNc1cc(Oc2cc(C)nn2C)ccn1. The zero-order valence-corrected chi connectivity index (χ0v) is 11.0. The van der Waals surface area contributed by atoms with Crippen LogP contribution in [0.5, 0.6) is 11.6 Å². The molecule has 0 radical (unpaired) electrons. The van der Waals surface area contributed by atoms with E-state index in [0.29, 0.717) is 0 Å². The molecule has 1 N–H and O–H groups in total. The van der Waals surface area contributed by atoms with Gasteiger partial charge >= 0.3 is 0 Å². The van der Waals surface area contributed by atoms with Crippen LogP contribution < -0.4 is 10.1 Å². The molecule has 0 atom stereocenters. The fourth-order valence-electron chi connectivity index (χ4n) is 1.63. The molecule has 0 fully saturated rings. The largest absolute Gasteiger partial charge is 0.439 e. The van der Waals surface area contributed by atoms with Gasteiger partial charge in [0.05, 0.1) is 5.69 Å². The molecule has 0 unspecified atom stereocenters. The van der Waals surface area contributed by atoms with Gasteiger partial charge in [-0.15, -0.1) is 0 Å². The van der Waals surface area contributed by atoms with Crippen LogP contribution in [0, 0.1) is 6.92 Å². The third-order valence-corrected chi connectivity index (χ3v) is 2.47. The lowest BCUT2D eigenvalue weighted by Gasteiger charge is -2.07. The molecule has 0 aromatic carbocycles. The van der Waals surface area contributed by atoms with Crippen molar-refractivity contribution in [1.82, 2.24) is 14.8 Å². The number of aromatic nitrogens is 3. The smallest absolute Gasteiger partial charge is 0.217 e. The molecule has 0 bridgehead atoms. The van der Waals surface area contributed by atoms with Crippen LogP contribution in [0.15, 0.2) is 24.4 Å². The molecule has 2 aromatic heterocycles. The van der Waals surface area contributed by atoms with Crippen molar-refractivity contribution < 1.29 is 4.74 Å². The Morgan fingerprint density at radius 1 is 1.39 bits per heavy atom. The van der Waals surface area contributed by atoms with E-state index in [1.54, 1.807) is 10.9 Å². The summed E-state index contributed by atoms with van der Waals surface area (Å²) in [6, 6.07) is 5.62. The molecule has 5 heteroatoms. The first-order valence-corrected chi connectivity index (χ1v) is 6.07. The van der Waals surface area contributed by atoms with E-state index < -0.39 is 0 Å². The van der Waals surface area contributed by atoms with Crippen LogP contribution in [0.25, 0.3) is 0 Å². The van der Waals surface area contributed by atoms with Crippen LogP contribution in [0.4, 0.5) is 5.82 Å². The summed E-state index contributed by atoms with van der Waals surface area (Å²) in [5.74, 6) is 2.31. The molecule has 18 heavy (non-hydrogen) atoms. The maximum Gasteiger partial charge on any atom is 0.217 e. The number of ether oxygens (including phenoxy) is 1. The summed E-state index contributed by atoms with van der Waals surface area (Å²) in [6.07, 6.45) is 2.80. The quantitative estimate of drug-likeness (QED) is 0.881. The van der Waals surface area contributed by atoms with E-state index in [-0.39, 0.29) is 0 Å². The molecular weight excluding hydrogens is 228 g/mol. The molecule has 0 aliphatic heterocycles. The number of anilines is 1. The molecule has 2 rings (SSSR count). The van der Waals surface area contributed by atoms with Crippen LogP contribution in [-0.2, 0) is 7.05 Å². The van der Waals surface area contributed by atoms with Gasteiger partial charge in [0.15, 0.2) is 0 Å². The Balaban J connectivity index is 2.11. The van der Waals surface area contributed by atoms with E-state index in [0.717, 1.165) is 36.1 Å². The monoisotopic (exact) mass is 246 g/mol. The minimum absolute atomic E-state index is 0.722. The second kappa shape index (κ2) is 5.53. The number of pyridine rings is 1. The van der Waals surface area contributed by atoms with E-state index in [2.05, 4.69) is 22.3 Å². The lowest BCUT2D eigenvalue weighted by Crippen LogP contribution is -2.02. The molecule has 0 aliphatic carbocycles. The standard InChI is InChI=1S/C13H18N4O/c1-4-6-14-12-9-11(5-7-15-12)18-13-8-10(2)16-17(13)3/h5,7-9H,4,6H2,1-3H3,(H,14,15). The normalized spacial score (nSPS) is 10.4. The zero-order valence-electron chi connectivity index (χ0n) is 11.0. The average Bonchev–Trinajstić information content (AvgIpc) is 2.66. The molecule has 2 heterocycles. The van der Waals surface area contributed by atoms with Crippen LogP contribution in [-0.4, -0.2) is 21.3 Å². The van der Waals surface area contributed by atoms with Crippen molar-refractivity contribution in [3.05, 3.63) is 30.1 Å². The summed E-state index contributed by atoms with van der Waals surface area (Å²) in [7, 11) is 1.86. The van der Waals surface area contributed by atoms with Crippen LogP contribution in [0.3, 0.4) is 0 Å². The number of hydrogen-bond acceptors (Lipinski definition) is 4. The molecule has 5 nitrogen and oxygen atoms in total. The second-order valence-corrected chi connectivity index (χ2v) is 4.15. The maximum atomic E-state index is 5.77. The second-order valence-electron chi connectivity index (χ2n) is 4.15. The Morgan fingerprint density at radius 2 is 2.22 bits per heavy atom. The predicted molar refractivity (Wildman–Crippen MR) is 71.0 cm³/mol. The van der Waals surface area contributed by atoms with E-state index in [1.165, 1.54) is 0 Å². The van der Waals surface area contributed by atoms with Gasteiger partial charge in [-0.2, -0.15) is 5.10 Å². The highest BCUT2D eigenvalue weighted by atomic mass is 16.5. The van der Waals surface area contributed by atoms with Crippen molar-refractivity contribution in [1.29, 1.82) is 0 Å². The third kappa shape index (κ3) is 3.00. The van der Waals surface area contributed by atoms with Gasteiger partial charge in [-0.25, -0.2) is 9.67 Å². The summed E-state index contributed by atoms with van der Waals surface area (Å²) in [5, 5.41) is 7.47. The molecular formula is C13H18N4O. The van der Waals surface area contributed by atoms with Crippen molar-refractivity contribution in [2.45, 2.75) is 20.3 Å². The predicted octanol–water partition coefficient (Wildman–Crippen LogP) is 2.74. The van der Waals surface area contributed by atoms with E-state index in [1.807, 2.05) is 32.2 Å². The fraction of sp³-hybridized carbons (Fsp3) is 0.385. The summed E-state index contributed by atoms with van der Waals surface area (Å²) >= 11 is 0. The first kappa shape index (κ1) is 12.4. The Hall–Kier alpha value is -2.04. The van der Waals surface area contributed by atoms with Gasteiger partial charge in [0.25, 0.3) is 0 Å². The first-order valence-electron chi connectivity index (χ1n) is 6.07. The van der Waals surface area contributed by atoms with Gasteiger partial charge in [0.2, 0.25) is 5.88 Å². The van der Waals surface area contributed by atoms with E-state index >= 15 is 0 Å². The lowest BCUT2D eigenvalue weighted by molar-refractivity contribution is 0.430. The van der Waals surface area contributed by atoms with Gasteiger partial charge in [-0.05, 0) is 19.4 Å². The number of aryl methyl sites for hydroxylation is 2. The van der Waals surface area contributed by atoms with Crippen molar-refractivity contribution in [3.63, 3.8) is 0 Å². The Kier molecular flexibility index (Phi) is 3.82. The zero-order chi connectivity index (χ0) is 13.0. The topological polar surface area (TPSA) is 52.0 Å². The van der Waals surface area contributed by atoms with Crippen LogP contribution in [0.1, 0.15) is 19.0 Å². The highest BCUT2D eigenvalue weighted by Crippen LogP contribution is 2.22. The van der Waals surface area contributed by atoms with Gasteiger partial charge in [0, 0.05) is 31.9 Å². The number of hydrogen-bond donors (Lipinski definition) is 1. The summed E-state index contributed by atoms with van der Waals surface area (Å²) in [5.41, 5.74) is 0.936. The maximum absolute atomic E-state index is 5.77. The molecule has 96 valence electrons. The van der Waals surface area contributed by atoms with Crippen molar-refractivity contribution in [3.8, 4) is 11.6 Å². The van der Waals surface area contributed by atoms with Crippen molar-refractivity contribution >= 4 is 5.82 Å². The summed E-state index contributed by atoms with van der Waals surface area (Å²) in [6.45, 7) is 4.96. The summed E-state index contributed by atoms with van der Waals surface area (Å²) in [4.78, 5) is 4.23. The number of rotatable bonds is 5.